The molecule has 0 unspecified atom stereocenters. The average molecular weight is 393 g/mol. The summed E-state index contributed by atoms with van der Waals surface area (Å²) in [6, 6.07) is 5.18. The van der Waals surface area contributed by atoms with Crippen molar-refractivity contribution in [2.75, 3.05) is 25.5 Å². The maximum absolute atomic E-state index is 14.8. The van der Waals surface area contributed by atoms with Gasteiger partial charge in [-0.05, 0) is 62.9 Å². The Hall–Kier alpha value is -2.80. The first-order chi connectivity index (χ1) is 14.1. The van der Waals surface area contributed by atoms with Crippen LogP contribution in [0.15, 0.2) is 30.6 Å². The summed E-state index contributed by atoms with van der Waals surface area (Å²) in [4.78, 5) is 6.53. The largest absolute Gasteiger partial charge is 0.507 e. The molecule has 2 aliphatic rings. The van der Waals surface area contributed by atoms with Crippen LogP contribution >= 0.6 is 0 Å². The minimum atomic E-state index is -0.492. The van der Waals surface area contributed by atoms with Gasteiger partial charge in [0.05, 0.1) is 5.56 Å². The molecule has 1 saturated heterocycles. The highest BCUT2D eigenvalue weighted by atomic mass is 19.1. The van der Waals surface area contributed by atoms with Gasteiger partial charge in [-0.1, -0.05) is 6.07 Å². The highest BCUT2D eigenvalue weighted by Crippen LogP contribution is 2.48. The quantitative estimate of drug-likeness (QED) is 0.700. The van der Waals surface area contributed by atoms with Crippen molar-refractivity contribution in [3.63, 3.8) is 0 Å². The third-order valence-corrected chi connectivity index (χ3v) is 5.96. The number of aromatic hydroxyl groups is 1. The Balaban J connectivity index is 1.59. The van der Waals surface area contributed by atoms with Gasteiger partial charge in [-0.25, -0.2) is 4.39 Å². The standard InChI is InChI=1S/C22H24FN5O/c1-28-10-2-3-14(12-28)25-22-17-11-24-9-8-16(17)20(26-27-22)19-18(23)7-6-15(21(19)29)13-4-5-13/h6-9,11,13-14,29H,2-5,10,12H2,1H3,(H,25,27)/t14-/m1/s1. The van der Waals surface area contributed by atoms with Crippen LogP contribution in [0.2, 0.25) is 0 Å². The summed E-state index contributed by atoms with van der Waals surface area (Å²) in [7, 11) is 2.11. The Kier molecular flexibility index (Phi) is 4.54. The van der Waals surface area contributed by atoms with Gasteiger partial charge in [-0.3, -0.25) is 4.98 Å². The van der Waals surface area contributed by atoms with Gasteiger partial charge in [-0.15, -0.1) is 10.2 Å². The number of aromatic nitrogens is 3. The number of phenolic OH excluding ortho intramolecular Hbond substituents is 1. The number of likely N-dealkylation sites (N-methyl/N-ethyl adjacent to an activating group) is 1. The van der Waals surface area contributed by atoms with Gasteiger partial charge in [-0.2, -0.15) is 0 Å². The van der Waals surface area contributed by atoms with Gasteiger partial charge in [0, 0.05) is 35.8 Å². The lowest BCUT2D eigenvalue weighted by atomic mass is 9.99. The number of piperidine rings is 1. The molecule has 0 radical (unpaired) electrons. The van der Waals surface area contributed by atoms with Crippen molar-refractivity contribution >= 4 is 16.6 Å². The van der Waals surface area contributed by atoms with Crippen LogP contribution in [0.4, 0.5) is 10.2 Å². The topological polar surface area (TPSA) is 74.2 Å². The van der Waals surface area contributed by atoms with Gasteiger partial charge in [0.1, 0.15) is 17.3 Å². The van der Waals surface area contributed by atoms with Gasteiger partial charge in [0.25, 0.3) is 0 Å². The lowest BCUT2D eigenvalue weighted by Gasteiger charge is -2.30. The number of benzene rings is 1. The second-order valence-corrected chi connectivity index (χ2v) is 8.20. The van der Waals surface area contributed by atoms with Crippen molar-refractivity contribution in [2.45, 2.75) is 37.6 Å². The SMILES string of the molecule is CN1CCC[C@@H](Nc2nnc(-c3c(F)ccc(C4CC4)c3O)c3ccncc23)C1. The molecular weight excluding hydrogens is 369 g/mol. The van der Waals surface area contributed by atoms with E-state index in [0.717, 1.165) is 55.1 Å². The number of halogens is 1. The summed E-state index contributed by atoms with van der Waals surface area (Å²) in [5.41, 5.74) is 1.27. The predicted octanol–water partition coefficient (Wildman–Crippen LogP) is 3.92. The van der Waals surface area contributed by atoms with E-state index in [1.165, 1.54) is 6.07 Å². The van der Waals surface area contributed by atoms with Gasteiger partial charge in [0.15, 0.2) is 5.82 Å². The molecule has 1 saturated carbocycles. The molecule has 2 fully saturated rings. The summed E-state index contributed by atoms with van der Waals surface area (Å²) >= 11 is 0. The van der Waals surface area contributed by atoms with Crippen LogP contribution in [0.5, 0.6) is 5.75 Å². The molecule has 1 aliphatic heterocycles. The lowest BCUT2D eigenvalue weighted by molar-refractivity contribution is 0.261. The molecular formula is C22H24FN5O. The Bertz CT molecular complexity index is 1070. The van der Waals surface area contributed by atoms with E-state index < -0.39 is 5.82 Å². The number of fused-ring (bicyclic) bond motifs is 1. The lowest BCUT2D eigenvalue weighted by Crippen LogP contribution is -2.40. The smallest absolute Gasteiger partial charge is 0.158 e. The maximum Gasteiger partial charge on any atom is 0.158 e. The Morgan fingerprint density at radius 1 is 1.14 bits per heavy atom. The molecule has 7 heteroatoms. The van der Waals surface area contributed by atoms with Crippen LogP contribution in [0.3, 0.4) is 0 Å². The van der Waals surface area contributed by atoms with Crippen LogP contribution in [0.1, 0.15) is 37.2 Å². The molecule has 3 aromatic rings. The summed E-state index contributed by atoms with van der Waals surface area (Å²) < 4.78 is 14.8. The fourth-order valence-corrected chi connectivity index (χ4v) is 4.30. The fourth-order valence-electron chi connectivity index (χ4n) is 4.30. The number of phenols is 1. The highest BCUT2D eigenvalue weighted by Gasteiger charge is 2.30. The molecule has 0 spiro atoms. The van der Waals surface area contributed by atoms with Crippen molar-refractivity contribution in [1.29, 1.82) is 0 Å². The molecule has 3 heterocycles. The van der Waals surface area contributed by atoms with Crippen LogP contribution < -0.4 is 5.32 Å². The minimum absolute atomic E-state index is 0.0190. The molecule has 2 aromatic heterocycles. The Labute approximate surface area is 168 Å². The van der Waals surface area contributed by atoms with Crippen LogP contribution in [-0.2, 0) is 0 Å². The zero-order valence-electron chi connectivity index (χ0n) is 16.4. The van der Waals surface area contributed by atoms with E-state index in [0.29, 0.717) is 17.4 Å². The van der Waals surface area contributed by atoms with Crippen LogP contribution in [-0.4, -0.2) is 51.4 Å². The number of rotatable bonds is 4. The summed E-state index contributed by atoms with van der Waals surface area (Å²) in [5, 5.41) is 24.5. The van der Waals surface area contributed by atoms with Crippen molar-refractivity contribution in [2.24, 2.45) is 0 Å². The fraction of sp³-hybridized carbons (Fsp3) is 0.409. The summed E-state index contributed by atoms with van der Waals surface area (Å²) in [6.07, 6.45) is 7.62. The molecule has 1 aromatic carbocycles. The Morgan fingerprint density at radius 3 is 2.79 bits per heavy atom. The molecule has 150 valence electrons. The highest BCUT2D eigenvalue weighted by molar-refractivity contribution is 6.00. The van der Waals surface area contributed by atoms with Crippen molar-refractivity contribution in [3.8, 4) is 17.0 Å². The molecule has 2 N–H and O–H groups in total. The minimum Gasteiger partial charge on any atom is -0.507 e. The average Bonchev–Trinajstić information content (AvgIpc) is 3.55. The molecule has 5 rings (SSSR count). The second kappa shape index (κ2) is 7.22. The van der Waals surface area contributed by atoms with Crippen molar-refractivity contribution in [3.05, 3.63) is 42.0 Å². The molecule has 0 amide bonds. The van der Waals surface area contributed by atoms with Crippen LogP contribution in [0, 0.1) is 5.82 Å². The summed E-state index contributed by atoms with van der Waals surface area (Å²) in [6.45, 7) is 2.03. The van der Waals surface area contributed by atoms with Gasteiger partial charge >= 0.3 is 0 Å². The molecule has 1 atom stereocenters. The first kappa shape index (κ1) is 18.2. The first-order valence-electron chi connectivity index (χ1n) is 10.2. The van der Waals surface area contributed by atoms with Crippen molar-refractivity contribution < 1.29 is 9.50 Å². The molecule has 0 bridgehead atoms. The number of nitrogens with zero attached hydrogens (tertiary/aromatic N) is 4. The number of pyridine rings is 1. The van der Waals surface area contributed by atoms with Gasteiger partial charge in [0.2, 0.25) is 0 Å². The number of anilines is 1. The van der Waals surface area contributed by atoms with E-state index in [-0.39, 0.29) is 17.4 Å². The van der Waals surface area contributed by atoms with E-state index in [1.807, 2.05) is 0 Å². The van der Waals surface area contributed by atoms with E-state index >= 15 is 0 Å². The van der Waals surface area contributed by atoms with E-state index in [1.54, 1.807) is 24.5 Å². The normalized spacial score (nSPS) is 20.1. The number of hydrogen-bond acceptors (Lipinski definition) is 6. The zero-order chi connectivity index (χ0) is 20.0. The van der Waals surface area contributed by atoms with E-state index in [4.69, 9.17) is 0 Å². The Morgan fingerprint density at radius 2 is 2.00 bits per heavy atom. The van der Waals surface area contributed by atoms with Crippen LogP contribution in [0.25, 0.3) is 22.0 Å². The molecule has 1 aliphatic carbocycles. The van der Waals surface area contributed by atoms with Gasteiger partial charge < -0.3 is 15.3 Å². The first-order valence-corrected chi connectivity index (χ1v) is 10.2. The van der Waals surface area contributed by atoms with Crippen molar-refractivity contribution in [1.82, 2.24) is 20.1 Å². The molecule has 29 heavy (non-hydrogen) atoms. The number of likely N-dealkylation sites (tertiary alicyclic amines) is 1. The number of nitrogens with one attached hydrogen (secondary N) is 1. The second-order valence-electron chi connectivity index (χ2n) is 8.20. The predicted molar refractivity (Wildman–Crippen MR) is 111 cm³/mol. The number of hydrogen-bond donors (Lipinski definition) is 2. The van der Waals surface area contributed by atoms with E-state index in [2.05, 4.69) is 32.4 Å². The third kappa shape index (κ3) is 3.40. The monoisotopic (exact) mass is 393 g/mol. The van der Waals surface area contributed by atoms with E-state index in [9.17, 15) is 9.50 Å². The molecule has 6 nitrogen and oxygen atoms in total. The zero-order valence-corrected chi connectivity index (χ0v) is 16.4. The maximum atomic E-state index is 14.8. The summed E-state index contributed by atoms with van der Waals surface area (Å²) in [5.74, 6) is 0.443. The third-order valence-electron chi connectivity index (χ3n) is 5.96.